The molecule has 0 aliphatic heterocycles. The third kappa shape index (κ3) is 190. The number of carbonyl (C=O) groups is 1. The minimum absolute atomic E-state index is 0. The summed E-state index contributed by atoms with van der Waals surface area (Å²) < 4.78 is 0. The molecule has 1 radical (unpaired) electrons. The van der Waals surface area contributed by atoms with Gasteiger partial charge in [0.15, 0.2) is 17.4 Å². The Morgan fingerprint density at radius 1 is 1.29 bits per heavy atom. The van der Waals surface area contributed by atoms with Gasteiger partial charge in [-0.05, 0) is 0 Å². The molecule has 0 bridgehead atoms. The van der Waals surface area contributed by atoms with E-state index in [-0.39, 0.29) is 53.9 Å². The Balaban J connectivity index is -0.0000000150. The van der Waals surface area contributed by atoms with Crippen molar-refractivity contribution < 1.29 is 51.6 Å². The molecule has 0 heterocycles. The molecule has 0 unspecified atom stereocenters. The van der Waals surface area contributed by atoms with Crippen molar-refractivity contribution in [3.05, 3.63) is 0 Å². The summed E-state index contributed by atoms with van der Waals surface area (Å²) in [4.78, 5) is 8.56. The topological polar surface area (TPSA) is 57.5 Å². The van der Waals surface area contributed by atoms with Crippen LogP contribution in [0.2, 0.25) is 0 Å². The van der Waals surface area contributed by atoms with E-state index in [2.05, 4.69) is 0 Å². The summed E-state index contributed by atoms with van der Waals surface area (Å²) in [6, 6.07) is 0. The molecule has 0 spiro atoms. The Morgan fingerprint density at radius 2 is 1.29 bits per heavy atom. The molecule has 2 N–H and O–H groups in total. The minimum atomic E-state index is -1.83. The van der Waals surface area contributed by atoms with Crippen molar-refractivity contribution in [2.24, 2.45) is 0 Å². The Bertz CT molecular complexity index is 37.9. The van der Waals surface area contributed by atoms with E-state index < -0.39 is 6.16 Å². The summed E-state index contributed by atoms with van der Waals surface area (Å²) >= 11 is 0. The van der Waals surface area contributed by atoms with Crippen LogP contribution in [0.15, 0.2) is 0 Å². The summed E-state index contributed by atoms with van der Waals surface area (Å²) in [7, 11) is 0. The van der Waals surface area contributed by atoms with Crippen molar-refractivity contribution in [3.8, 4) is 0 Å². The Labute approximate surface area is 74.8 Å². The van der Waals surface area contributed by atoms with E-state index >= 15 is 0 Å². The fourth-order valence-corrected chi connectivity index (χ4v) is 0. The zero-order chi connectivity index (χ0) is 3.58. The van der Waals surface area contributed by atoms with Crippen LogP contribution in [-0.2, 0) is 36.5 Å². The van der Waals surface area contributed by atoms with Gasteiger partial charge in [0.1, 0.15) is 0 Å². The Kier molecular flexibility index (Phi) is 55.5. The quantitative estimate of drug-likeness (QED) is 0.517. The van der Waals surface area contributed by atoms with Crippen molar-refractivity contribution in [3.63, 3.8) is 0 Å². The molecule has 6 heteroatoms. The van der Waals surface area contributed by atoms with E-state index in [9.17, 15) is 0 Å². The molecule has 0 saturated heterocycles. The molecule has 0 aliphatic carbocycles. The Hall–Kier alpha value is 0.945. The van der Waals surface area contributed by atoms with Gasteiger partial charge in [-0.3, -0.25) is 0 Å². The largest absolute Gasteiger partial charge is 0.503 e. The standard InChI is InChI=1S/CH2O3.Al.Cu.Zn.3H/c2-1(3)4;;;;;;/h(H2,2,3,4);;;;;;. The fourth-order valence-electron chi connectivity index (χ4n) is 0. The first-order chi connectivity index (χ1) is 1.73. The summed E-state index contributed by atoms with van der Waals surface area (Å²) in [5.41, 5.74) is 0. The molecular weight excluding hydrogens is 216 g/mol. The van der Waals surface area contributed by atoms with Gasteiger partial charge >= 0.3 is 6.16 Å². The molecule has 7 heavy (non-hydrogen) atoms. The molecule has 0 aromatic rings. The van der Waals surface area contributed by atoms with E-state index in [1.54, 1.807) is 0 Å². The molecule has 0 atom stereocenters. The van der Waals surface area contributed by atoms with Gasteiger partial charge < -0.3 is 10.2 Å². The number of hydrogen-bond donors (Lipinski definition) is 2. The average Bonchev–Trinajstić information content (AvgIpc) is 0.811. The SMILES string of the molecule is O=C(O)O.[AlH3].[Cu].[Zn]. The average molecular weight is 221 g/mol. The van der Waals surface area contributed by atoms with E-state index in [1.807, 2.05) is 0 Å². The maximum absolute atomic E-state index is 8.56. The van der Waals surface area contributed by atoms with Crippen LogP contribution >= 0.6 is 0 Å². The zero-order valence-corrected chi connectivity index (χ0v) is 6.72. The molecule has 0 saturated carbocycles. The normalized spacial score (nSPS) is 3.43. The van der Waals surface area contributed by atoms with Crippen molar-refractivity contribution in [1.29, 1.82) is 0 Å². The summed E-state index contributed by atoms with van der Waals surface area (Å²) in [6.07, 6.45) is -1.83. The van der Waals surface area contributed by atoms with Crippen molar-refractivity contribution in [2.45, 2.75) is 0 Å². The smallest absolute Gasteiger partial charge is 0.450 e. The van der Waals surface area contributed by atoms with Crippen LogP contribution in [0.1, 0.15) is 0 Å². The molecule has 0 fully saturated rings. The predicted octanol–water partition coefficient (Wildman–Crippen LogP) is -0.966. The Morgan fingerprint density at radius 3 is 1.29 bits per heavy atom. The first-order valence-corrected chi connectivity index (χ1v) is 0.651. The molecule has 0 rings (SSSR count). The number of carboxylic acid groups (broad SMARTS) is 2. The zero-order valence-electron chi connectivity index (χ0n) is 2.81. The van der Waals surface area contributed by atoms with Crippen molar-refractivity contribution in [1.82, 2.24) is 0 Å². The van der Waals surface area contributed by atoms with E-state index in [4.69, 9.17) is 15.0 Å². The first-order valence-electron chi connectivity index (χ1n) is 0.651. The molecule has 3 nitrogen and oxygen atoms in total. The molecule has 0 aliphatic rings. The van der Waals surface area contributed by atoms with Gasteiger partial charge in [-0.1, -0.05) is 0 Å². The van der Waals surface area contributed by atoms with E-state index in [1.165, 1.54) is 0 Å². The van der Waals surface area contributed by atoms with Crippen LogP contribution in [0.5, 0.6) is 0 Å². The van der Waals surface area contributed by atoms with Crippen LogP contribution in [0.4, 0.5) is 4.79 Å². The van der Waals surface area contributed by atoms with Gasteiger partial charge in [-0.25, -0.2) is 4.79 Å². The van der Waals surface area contributed by atoms with E-state index in [0.29, 0.717) is 0 Å². The second-order valence-corrected chi connectivity index (χ2v) is 0.283. The first kappa shape index (κ1) is 24.6. The molecular formula is CH5AlCuO3Zn. The minimum Gasteiger partial charge on any atom is -0.450 e. The van der Waals surface area contributed by atoms with Crippen molar-refractivity contribution >= 4 is 23.5 Å². The maximum atomic E-state index is 8.56. The van der Waals surface area contributed by atoms with Crippen LogP contribution < -0.4 is 0 Å². The second kappa shape index (κ2) is 15.8. The van der Waals surface area contributed by atoms with Gasteiger partial charge in [0, 0.05) is 36.5 Å². The third-order valence-corrected chi connectivity index (χ3v) is 0. The van der Waals surface area contributed by atoms with Crippen molar-refractivity contribution in [2.75, 3.05) is 0 Å². The molecule has 0 amide bonds. The van der Waals surface area contributed by atoms with Gasteiger partial charge in [-0.15, -0.1) is 0 Å². The summed E-state index contributed by atoms with van der Waals surface area (Å²) in [5, 5.41) is 13.9. The fraction of sp³-hybridized carbons (Fsp3) is 0. The van der Waals surface area contributed by atoms with Gasteiger partial charge in [0.05, 0.1) is 0 Å². The van der Waals surface area contributed by atoms with Gasteiger partial charge in [-0.2, -0.15) is 0 Å². The van der Waals surface area contributed by atoms with Crippen LogP contribution in [0.3, 0.4) is 0 Å². The summed E-state index contributed by atoms with van der Waals surface area (Å²) in [5.74, 6) is 0. The molecule has 43 valence electrons. The third-order valence-electron chi connectivity index (χ3n) is 0. The van der Waals surface area contributed by atoms with E-state index in [0.717, 1.165) is 0 Å². The second-order valence-electron chi connectivity index (χ2n) is 0.283. The van der Waals surface area contributed by atoms with Gasteiger partial charge in [0.2, 0.25) is 0 Å². The predicted molar refractivity (Wildman–Crippen MR) is 20.6 cm³/mol. The van der Waals surface area contributed by atoms with Crippen LogP contribution in [0, 0.1) is 0 Å². The summed E-state index contributed by atoms with van der Waals surface area (Å²) in [6.45, 7) is 0. The monoisotopic (exact) mass is 219 g/mol. The molecule has 0 aromatic carbocycles. The van der Waals surface area contributed by atoms with Gasteiger partial charge in [0.25, 0.3) is 0 Å². The molecule has 0 aromatic heterocycles. The number of hydrogen-bond acceptors (Lipinski definition) is 1. The van der Waals surface area contributed by atoms with Crippen LogP contribution in [-0.4, -0.2) is 33.7 Å². The maximum Gasteiger partial charge on any atom is 0.503 e. The van der Waals surface area contributed by atoms with Crippen LogP contribution in [0.25, 0.3) is 0 Å². The number of rotatable bonds is 0.